The number of carbonyl (C=O) groups excluding carboxylic acids is 1. The molecule has 1 fully saturated rings. The van der Waals surface area contributed by atoms with Crippen molar-refractivity contribution in [1.29, 1.82) is 0 Å². The van der Waals surface area contributed by atoms with Crippen LogP contribution in [-0.2, 0) is 17.5 Å². The Bertz CT molecular complexity index is 986. The Morgan fingerprint density at radius 3 is 2.40 bits per heavy atom. The van der Waals surface area contributed by atoms with Gasteiger partial charge in [0.15, 0.2) is 0 Å². The Hall–Kier alpha value is -2.89. The van der Waals surface area contributed by atoms with Gasteiger partial charge in [-0.05, 0) is 19.9 Å². The second kappa shape index (κ2) is 8.09. The van der Waals surface area contributed by atoms with Gasteiger partial charge in [-0.2, -0.15) is 18.3 Å². The number of anilines is 1. The van der Waals surface area contributed by atoms with Gasteiger partial charge >= 0.3 is 11.9 Å². The van der Waals surface area contributed by atoms with E-state index >= 15 is 0 Å². The lowest BCUT2D eigenvalue weighted by Crippen LogP contribution is -2.50. The second-order valence-electron chi connectivity index (χ2n) is 6.83. The zero-order chi connectivity index (χ0) is 22.2. The van der Waals surface area contributed by atoms with E-state index in [-0.39, 0.29) is 34.7 Å². The third-order valence-electron chi connectivity index (χ3n) is 4.89. The van der Waals surface area contributed by atoms with Crippen molar-refractivity contribution in [3.63, 3.8) is 0 Å². The SMILES string of the molecule is Cc1nn(CC(=O)N2CCN(c3ncc(C(F)(F)F)cc3Cl)CC2)c(C)c1[N+](=O)[O-]. The third-order valence-corrected chi connectivity index (χ3v) is 5.17. The standard InChI is InChI=1S/C17H18ClF3N6O3/c1-10-15(27(29)30)11(2)26(23-10)9-14(28)24-3-5-25(6-4-24)16-13(18)7-12(8-22-16)17(19,20)21/h7-8H,3-6,9H2,1-2H3. The van der Waals surface area contributed by atoms with Gasteiger partial charge in [0.1, 0.15) is 23.8 Å². The molecule has 0 spiro atoms. The van der Waals surface area contributed by atoms with Gasteiger partial charge in [-0.15, -0.1) is 0 Å². The van der Waals surface area contributed by atoms with Gasteiger partial charge < -0.3 is 9.80 Å². The average molecular weight is 447 g/mol. The van der Waals surface area contributed by atoms with E-state index in [4.69, 9.17) is 11.6 Å². The minimum Gasteiger partial charge on any atom is -0.352 e. The number of carbonyl (C=O) groups is 1. The molecule has 0 bridgehead atoms. The van der Waals surface area contributed by atoms with Gasteiger partial charge in [-0.3, -0.25) is 19.6 Å². The third kappa shape index (κ3) is 4.32. The highest BCUT2D eigenvalue weighted by Gasteiger charge is 2.32. The number of nitro groups is 1. The maximum atomic E-state index is 12.8. The monoisotopic (exact) mass is 446 g/mol. The molecular weight excluding hydrogens is 429 g/mol. The smallest absolute Gasteiger partial charge is 0.352 e. The van der Waals surface area contributed by atoms with Crippen molar-refractivity contribution in [3.8, 4) is 0 Å². The molecule has 3 heterocycles. The molecule has 9 nitrogen and oxygen atoms in total. The number of hydrogen-bond donors (Lipinski definition) is 0. The molecule has 162 valence electrons. The van der Waals surface area contributed by atoms with Crippen LogP contribution in [0.1, 0.15) is 17.0 Å². The van der Waals surface area contributed by atoms with Crippen LogP contribution in [0.5, 0.6) is 0 Å². The lowest BCUT2D eigenvalue weighted by atomic mass is 10.2. The highest BCUT2D eigenvalue weighted by molar-refractivity contribution is 6.33. The molecule has 0 unspecified atom stereocenters. The molecule has 0 radical (unpaired) electrons. The molecular formula is C17H18ClF3N6O3. The first-order chi connectivity index (χ1) is 14.0. The number of rotatable bonds is 4. The Labute approximate surface area is 174 Å². The van der Waals surface area contributed by atoms with Gasteiger partial charge in [0.2, 0.25) is 5.91 Å². The number of alkyl halides is 3. The summed E-state index contributed by atoms with van der Waals surface area (Å²) in [5.74, 6) is -0.0347. The number of aromatic nitrogens is 3. The van der Waals surface area contributed by atoms with E-state index in [2.05, 4.69) is 10.1 Å². The number of halogens is 4. The molecule has 3 rings (SSSR count). The van der Waals surface area contributed by atoms with E-state index in [1.807, 2.05) is 0 Å². The molecule has 2 aromatic heterocycles. The molecule has 1 aliphatic rings. The number of aryl methyl sites for hydroxylation is 1. The molecule has 0 saturated carbocycles. The highest BCUT2D eigenvalue weighted by Crippen LogP contribution is 2.33. The van der Waals surface area contributed by atoms with Crippen LogP contribution in [0.15, 0.2) is 12.3 Å². The van der Waals surface area contributed by atoms with Crippen molar-refractivity contribution in [2.24, 2.45) is 0 Å². The van der Waals surface area contributed by atoms with E-state index in [0.717, 1.165) is 12.3 Å². The molecule has 0 aromatic carbocycles. The molecule has 0 N–H and O–H groups in total. The Morgan fingerprint density at radius 2 is 1.90 bits per heavy atom. The number of hydrogen-bond acceptors (Lipinski definition) is 6. The van der Waals surface area contributed by atoms with Crippen LogP contribution >= 0.6 is 11.6 Å². The first-order valence-corrected chi connectivity index (χ1v) is 9.30. The van der Waals surface area contributed by atoms with Crippen LogP contribution in [0, 0.1) is 24.0 Å². The maximum absolute atomic E-state index is 12.8. The molecule has 1 amide bonds. The zero-order valence-electron chi connectivity index (χ0n) is 16.1. The lowest BCUT2D eigenvalue weighted by molar-refractivity contribution is -0.386. The van der Waals surface area contributed by atoms with E-state index < -0.39 is 16.7 Å². The summed E-state index contributed by atoms with van der Waals surface area (Å²) in [6.45, 7) is 4.17. The predicted octanol–water partition coefficient (Wildman–Crippen LogP) is 2.82. The molecule has 0 atom stereocenters. The number of pyridine rings is 1. The van der Waals surface area contributed by atoms with Gasteiger partial charge in [0.05, 0.1) is 15.5 Å². The van der Waals surface area contributed by atoms with Crippen molar-refractivity contribution >= 4 is 29.0 Å². The summed E-state index contributed by atoms with van der Waals surface area (Å²) >= 11 is 5.98. The van der Waals surface area contributed by atoms with Crippen molar-refractivity contribution in [3.05, 3.63) is 44.4 Å². The average Bonchev–Trinajstić information content (AvgIpc) is 2.94. The first kappa shape index (κ1) is 21.8. The lowest BCUT2D eigenvalue weighted by Gasteiger charge is -2.35. The summed E-state index contributed by atoms with van der Waals surface area (Å²) in [6, 6.07) is 0.830. The Morgan fingerprint density at radius 1 is 1.27 bits per heavy atom. The molecule has 13 heteroatoms. The molecule has 30 heavy (non-hydrogen) atoms. The van der Waals surface area contributed by atoms with Crippen LogP contribution < -0.4 is 4.90 Å². The maximum Gasteiger partial charge on any atom is 0.417 e. The normalized spacial score (nSPS) is 14.9. The zero-order valence-corrected chi connectivity index (χ0v) is 16.9. The van der Waals surface area contributed by atoms with Gasteiger partial charge in [-0.25, -0.2) is 4.98 Å². The second-order valence-corrected chi connectivity index (χ2v) is 7.24. The predicted molar refractivity (Wildman–Crippen MR) is 101 cm³/mol. The minimum atomic E-state index is -4.53. The van der Waals surface area contributed by atoms with E-state index in [1.165, 1.54) is 18.5 Å². The summed E-state index contributed by atoms with van der Waals surface area (Å²) in [5.41, 5.74) is -0.511. The molecule has 2 aromatic rings. The highest BCUT2D eigenvalue weighted by atomic mass is 35.5. The van der Waals surface area contributed by atoms with Gasteiger partial charge in [-0.1, -0.05) is 11.6 Å². The summed E-state index contributed by atoms with van der Waals surface area (Å²) in [6.07, 6.45) is -3.80. The first-order valence-electron chi connectivity index (χ1n) is 8.93. The van der Waals surface area contributed by atoms with Crippen LogP contribution in [0.2, 0.25) is 5.02 Å². The topological polar surface area (TPSA) is 97.4 Å². The summed E-state index contributed by atoms with van der Waals surface area (Å²) in [7, 11) is 0. The summed E-state index contributed by atoms with van der Waals surface area (Å²) in [4.78, 5) is 30.3. The number of nitrogens with zero attached hydrogens (tertiary/aromatic N) is 6. The number of piperazine rings is 1. The van der Waals surface area contributed by atoms with E-state index in [0.29, 0.717) is 31.9 Å². The van der Waals surface area contributed by atoms with Crippen molar-refractivity contribution in [1.82, 2.24) is 19.7 Å². The Kier molecular flexibility index (Phi) is 5.88. The Balaban J connectivity index is 1.64. The summed E-state index contributed by atoms with van der Waals surface area (Å²) < 4.78 is 39.6. The van der Waals surface area contributed by atoms with E-state index in [9.17, 15) is 28.1 Å². The fourth-order valence-corrected chi connectivity index (χ4v) is 3.61. The van der Waals surface area contributed by atoms with Crippen LogP contribution in [-0.4, -0.2) is 56.7 Å². The fraction of sp³-hybridized carbons (Fsp3) is 0.471. The molecule has 1 saturated heterocycles. The minimum absolute atomic E-state index is 0.112. The van der Waals surface area contributed by atoms with Gasteiger partial charge in [0.25, 0.3) is 0 Å². The van der Waals surface area contributed by atoms with Crippen molar-refractivity contribution < 1.29 is 22.9 Å². The van der Waals surface area contributed by atoms with Crippen LogP contribution in [0.25, 0.3) is 0 Å². The fourth-order valence-electron chi connectivity index (χ4n) is 3.32. The summed E-state index contributed by atoms with van der Waals surface area (Å²) in [5, 5.41) is 15.0. The largest absolute Gasteiger partial charge is 0.417 e. The quantitative estimate of drug-likeness (QED) is 0.529. The van der Waals surface area contributed by atoms with Crippen molar-refractivity contribution in [2.75, 3.05) is 31.1 Å². The van der Waals surface area contributed by atoms with E-state index in [1.54, 1.807) is 9.80 Å². The van der Waals surface area contributed by atoms with Crippen molar-refractivity contribution in [2.45, 2.75) is 26.6 Å². The van der Waals surface area contributed by atoms with Gasteiger partial charge in [0, 0.05) is 32.4 Å². The molecule has 1 aliphatic heterocycles. The molecule has 0 aliphatic carbocycles. The number of amides is 1. The van der Waals surface area contributed by atoms with Crippen LogP contribution in [0.4, 0.5) is 24.7 Å². The van der Waals surface area contributed by atoms with Crippen LogP contribution in [0.3, 0.4) is 0 Å².